The van der Waals surface area contributed by atoms with Gasteiger partial charge in [-0.05, 0) is 46.5 Å². The maximum absolute atomic E-state index is 14.4. The van der Waals surface area contributed by atoms with E-state index >= 15 is 0 Å². The van der Waals surface area contributed by atoms with E-state index in [1.165, 1.54) is 6.20 Å². The summed E-state index contributed by atoms with van der Waals surface area (Å²) in [4.78, 5) is 4.09. The van der Waals surface area contributed by atoms with Gasteiger partial charge in [0.25, 0.3) is 0 Å². The van der Waals surface area contributed by atoms with Crippen molar-refractivity contribution < 1.29 is 28.4 Å². The summed E-state index contributed by atoms with van der Waals surface area (Å²) in [6, 6.07) is 20.6. The number of aromatic nitrogens is 1. The molecule has 5 rings (SSSR count). The van der Waals surface area contributed by atoms with Crippen LogP contribution in [0.4, 0.5) is 4.39 Å². The highest BCUT2D eigenvalue weighted by atomic mass is 19.1. The minimum absolute atomic E-state index is 0.0201. The topological polar surface area (TPSA) is 106 Å². The molecule has 3 aromatic carbocycles. The lowest BCUT2D eigenvalue weighted by Crippen LogP contribution is -2.18. The first-order valence-electron chi connectivity index (χ1n) is 13.3. The molecular weight excluding hydrogens is 525 g/mol. The molecule has 1 aliphatic heterocycles. The lowest BCUT2D eigenvalue weighted by Gasteiger charge is -2.20. The maximum Gasteiger partial charge on any atom is 0.161 e. The Labute approximate surface area is 237 Å². The molecule has 41 heavy (non-hydrogen) atoms. The highest BCUT2D eigenvalue weighted by Crippen LogP contribution is 2.37. The quantitative estimate of drug-likeness (QED) is 0.233. The molecule has 1 aliphatic rings. The van der Waals surface area contributed by atoms with Crippen molar-refractivity contribution in [3.05, 3.63) is 101 Å². The number of alkyl halides is 1. The number of fused-ring (bicyclic) bond motifs is 1. The highest BCUT2D eigenvalue weighted by molar-refractivity contribution is 5.71. The zero-order valence-electron chi connectivity index (χ0n) is 22.4. The Balaban J connectivity index is 1.34. The monoisotopic (exact) mass is 555 g/mol. The molecule has 9 heteroatoms. The van der Waals surface area contributed by atoms with Gasteiger partial charge >= 0.3 is 0 Å². The molecule has 0 amide bonds. The Morgan fingerprint density at radius 1 is 0.951 bits per heavy atom. The predicted molar refractivity (Wildman–Crippen MR) is 151 cm³/mol. The molecule has 1 aromatic heterocycles. The number of ether oxygens (including phenoxy) is 4. The number of hydrogen-bond donors (Lipinski definition) is 2. The van der Waals surface area contributed by atoms with Crippen LogP contribution in [0.1, 0.15) is 27.8 Å². The molecule has 0 unspecified atom stereocenters. The van der Waals surface area contributed by atoms with E-state index in [-0.39, 0.29) is 19.8 Å². The van der Waals surface area contributed by atoms with Crippen molar-refractivity contribution in [1.82, 2.24) is 10.3 Å². The number of hydrogen-bond acceptors (Lipinski definition) is 8. The molecule has 2 N–H and O–H groups in total. The van der Waals surface area contributed by atoms with E-state index in [2.05, 4.69) is 16.4 Å². The Bertz CT molecular complexity index is 1540. The van der Waals surface area contributed by atoms with Crippen LogP contribution in [0.5, 0.6) is 23.0 Å². The molecule has 4 aromatic rings. The van der Waals surface area contributed by atoms with Crippen LogP contribution in [-0.2, 0) is 26.4 Å². The van der Waals surface area contributed by atoms with Crippen molar-refractivity contribution in [2.45, 2.75) is 26.4 Å². The molecule has 0 saturated carbocycles. The molecule has 0 bridgehead atoms. The van der Waals surface area contributed by atoms with Crippen LogP contribution in [0.3, 0.4) is 0 Å². The summed E-state index contributed by atoms with van der Waals surface area (Å²) < 4.78 is 37.9. The summed E-state index contributed by atoms with van der Waals surface area (Å²) in [5, 5.41) is 21.5. The molecular formula is C32H30FN3O5. The fourth-order valence-electron chi connectivity index (χ4n) is 4.57. The summed E-state index contributed by atoms with van der Waals surface area (Å²) >= 11 is 0. The van der Waals surface area contributed by atoms with Gasteiger partial charge in [-0.3, -0.25) is 4.98 Å². The van der Waals surface area contributed by atoms with Gasteiger partial charge in [-0.2, -0.15) is 5.26 Å². The average Bonchev–Trinajstić information content (AvgIpc) is 3.03. The van der Waals surface area contributed by atoms with E-state index in [1.807, 2.05) is 48.5 Å². The number of pyridine rings is 1. The van der Waals surface area contributed by atoms with E-state index in [9.17, 15) is 4.39 Å². The third-order valence-electron chi connectivity index (χ3n) is 6.62. The Morgan fingerprint density at radius 3 is 2.66 bits per heavy atom. The average molecular weight is 556 g/mol. The number of nitrogens with one attached hydrogen (secondary N) is 1. The van der Waals surface area contributed by atoms with E-state index in [1.54, 1.807) is 18.3 Å². The molecule has 2 heterocycles. The van der Waals surface area contributed by atoms with Gasteiger partial charge in [-0.1, -0.05) is 30.3 Å². The third kappa shape index (κ3) is 6.92. The number of benzene rings is 3. The molecule has 0 fully saturated rings. The Hall–Kier alpha value is -4.65. The van der Waals surface area contributed by atoms with Crippen LogP contribution < -0.4 is 24.3 Å². The van der Waals surface area contributed by atoms with Crippen molar-refractivity contribution in [3.8, 4) is 40.2 Å². The number of rotatable bonds is 12. The van der Waals surface area contributed by atoms with E-state index in [0.717, 1.165) is 27.8 Å². The van der Waals surface area contributed by atoms with Gasteiger partial charge in [0.15, 0.2) is 11.5 Å². The van der Waals surface area contributed by atoms with Crippen molar-refractivity contribution in [1.29, 1.82) is 5.26 Å². The molecule has 210 valence electrons. The highest BCUT2D eigenvalue weighted by Gasteiger charge is 2.16. The van der Waals surface area contributed by atoms with Crippen LogP contribution in [0.25, 0.3) is 11.1 Å². The van der Waals surface area contributed by atoms with E-state index in [0.29, 0.717) is 60.4 Å². The summed E-state index contributed by atoms with van der Waals surface area (Å²) in [7, 11) is 0. The zero-order valence-corrected chi connectivity index (χ0v) is 22.4. The standard InChI is InChI=1S/C32H30FN3O5/c33-15-29-26(2-1-3-28(29)24-5-7-30-32(13-24)39-11-10-38-30)21-40-27-6-4-25(19-35-8-9-37)31(14-27)41-20-23-12-22(16-34)17-36-18-23/h1-7,12-14,17-18,35,37H,8-11,15,19-21H2. The van der Waals surface area contributed by atoms with Gasteiger partial charge in [-0.25, -0.2) is 4.39 Å². The molecule has 8 nitrogen and oxygen atoms in total. The Kier molecular flexibility index (Phi) is 9.26. The number of halogens is 1. The summed E-state index contributed by atoms with van der Waals surface area (Å²) in [6.07, 6.45) is 3.15. The second-order valence-corrected chi connectivity index (χ2v) is 9.38. The second kappa shape index (κ2) is 13.6. The zero-order chi connectivity index (χ0) is 28.4. The van der Waals surface area contributed by atoms with Crippen LogP contribution in [0, 0.1) is 11.3 Å². The lowest BCUT2D eigenvalue weighted by atomic mass is 9.96. The van der Waals surface area contributed by atoms with Gasteiger partial charge in [-0.15, -0.1) is 0 Å². The second-order valence-electron chi connectivity index (χ2n) is 9.38. The van der Waals surface area contributed by atoms with Gasteiger partial charge in [0.05, 0.1) is 12.2 Å². The molecule has 0 radical (unpaired) electrons. The molecule has 0 atom stereocenters. The maximum atomic E-state index is 14.4. The van der Waals surface area contributed by atoms with Gasteiger partial charge in [0.1, 0.15) is 50.7 Å². The summed E-state index contributed by atoms with van der Waals surface area (Å²) in [6.45, 7) is 1.65. The van der Waals surface area contributed by atoms with Crippen LogP contribution in [0.2, 0.25) is 0 Å². The molecule has 0 spiro atoms. The molecule has 0 aliphatic carbocycles. The number of aliphatic hydroxyl groups excluding tert-OH is 1. The Morgan fingerprint density at radius 2 is 1.83 bits per heavy atom. The first kappa shape index (κ1) is 27.9. The molecule has 0 saturated heterocycles. The van der Waals surface area contributed by atoms with E-state index in [4.69, 9.17) is 29.3 Å². The fourth-order valence-corrected chi connectivity index (χ4v) is 4.57. The SMILES string of the molecule is N#Cc1cncc(COc2cc(OCc3cccc(-c4ccc5c(c4)OCCO5)c3CF)ccc2CNCCO)c1. The number of nitriles is 1. The van der Waals surface area contributed by atoms with Crippen LogP contribution >= 0.6 is 0 Å². The van der Waals surface area contributed by atoms with Crippen LogP contribution in [-0.4, -0.2) is 36.5 Å². The van der Waals surface area contributed by atoms with Crippen molar-refractivity contribution in [2.24, 2.45) is 0 Å². The minimum atomic E-state index is -0.650. The fraction of sp³-hybridized carbons (Fsp3) is 0.250. The first-order chi connectivity index (χ1) is 20.2. The minimum Gasteiger partial charge on any atom is -0.489 e. The van der Waals surface area contributed by atoms with Crippen LogP contribution in [0.15, 0.2) is 73.1 Å². The normalized spacial score (nSPS) is 12.0. The van der Waals surface area contributed by atoms with Crippen molar-refractivity contribution >= 4 is 0 Å². The van der Waals surface area contributed by atoms with Gasteiger partial charge in [0.2, 0.25) is 0 Å². The van der Waals surface area contributed by atoms with Crippen molar-refractivity contribution in [3.63, 3.8) is 0 Å². The van der Waals surface area contributed by atoms with Gasteiger partial charge < -0.3 is 29.4 Å². The lowest BCUT2D eigenvalue weighted by molar-refractivity contribution is 0.171. The van der Waals surface area contributed by atoms with Gasteiger partial charge in [0, 0.05) is 42.7 Å². The summed E-state index contributed by atoms with van der Waals surface area (Å²) in [5.74, 6) is 2.48. The van der Waals surface area contributed by atoms with E-state index < -0.39 is 6.67 Å². The first-order valence-corrected chi connectivity index (χ1v) is 13.3. The smallest absolute Gasteiger partial charge is 0.161 e. The largest absolute Gasteiger partial charge is 0.489 e. The number of aliphatic hydroxyl groups is 1. The summed E-state index contributed by atoms with van der Waals surface area (Å²) in [5.41, 5.74) is 4.98. The number of nitrogens with zero attached hydrogens (tertiary/aromatic N) is 2. The predicted octanol–water partition coefficient (Wildman–Crippen LogP) is 5.10. The van der Waals surface area contributed by atoms with Crippen molar-refractivity contribution in [2.75, 3.05) is 26.4 Å². The third-order valence-corrected chi connectivity index (χ3v) is 6.62.